The number of aromatic nitrogens is 1. The first kappa shape index (κ1) is 18.4. The average molecular weight is 343 g/mol. The van der Waals surface area contributed by atoms with Gasteiger partial charge in [-0.1, -0.05) is 30.3 Å². The van der Waals surface area contributed by atoms with E-state index in [2.05, 4.69) is 15.6 Å². The number of aliphatic carboxylic acids is 1. The zero-order valence-electron chi connectivity index (χ0n) is 13.9. The SMILES string of the molecule is COCCNC(=O)c1ccc(N[C@H](Cc2ccccc2)C(=O)O)nc1. The van der Waals surface area contributed by atoms with Crippen molar-refractivity contribution in [3.05, 3.63) is 59.8 Å². The predicted molar refractivity (Wildman–Crippen MR) is 93.6 cm³/mol. The van der Waals surface area contributed by atoms with Gasteiger partial charge in [-0.25, -0.2) is 9.78 Å². The Morgan fingerprint density at radius 1 is 1.20 bits per heavy atom. The van der Waals surface area contributed by atoms with E-state index in [0.717, 1.165) is 5.56 Å². The van der Waals surface area contributed by atoms with E-state index < -0.39 is 12.0 Å². The Bertz CT molecular complexity index is 689. The Labute approximate surface area is 146 Å². The standard InChI is InChI=1S/C18H21N3O4/c1-25-10-9-19-17(22)14-7-8-16(20-12-14)21-15(18(23)24)11-13-5-3-2-4-6-13/h2-8,12,15H,9-11H2,1H3,(H,19,22)(H,20,21)(H,23,24)/t15-/m1/s1. The molecule has 1 aromatic carbocycles. The molecule has 0 radical (unpaired) electrons. The highest BCUT2D eigenvalue weighted by Crippen LogP contribution is 2.11. The molecule has 0 spiro atoms. The molecule has 132 valence electrons. The highest BCUT2D eigenvalue weighted by Gasteiger charge is 2.18. The van der Waals surface area contributed by atoms with Gasteiger partial charge >= 0.3 is 5.97 Å². The molecule has 1 aromatic heterocycles. The summed E-state index contributed by atoms with van der Waals surface area (Å²) in [6.45, 7) is 0.839. The molecule has 0 saturated heterocycles. The van der Waals surface area contributed by atoms with Crippen LogP contribution in [-0.2, 0) is 16.0 Å². The minimum Gasteiger partial charge on any atom is -0.480 e. The number of amides is 1. The van der Waals surface area contributed by atoms with Crippen LogP contribution in [0.5, 0.6) is 0 Å². The zero-order valence-corrected chi connectivity index (χ0v) is 13.9. The lowest BCUT2D eigenvalue weighted by molar-refractivity contribution is -0.137. The van der Waals surface area contributed by atoms with E-state index in [0.29, 0.717) is 31.0 Å². The number of nitrogens with zero attached hydrogens (tertiary/aromatic N) is 1. The first-order valence-electron chi connectivity index (χ1n) is 7.86. The minimum atomic E-state index is -0.966. The second-order valence-corrected chi connectivity index (χ2v) is 5.41. The molecule has 0 fully saturated rings. The van der Waals surface area contributed by atoms with Crippen LogP contribution in [-0.4, -0.2) is 48.3 Å². The summed E-state index contributed by atoms with van der Waals surface area (Å²) in [6.07, 6.45) is 1.74. The van der Waals surface area contributed by atoms with Gasteiger partial charge in [-0.05, 0) is 17.7 Å². The molecule has 0 unspecified atom stereocenters. The molecule has 7 heteroatoms. The number of anilines is 1. The fraction of sp³-hybridized carbons (Fsp3) is 0.278. The van der Waals surface area contributed by atoms with Crippen LogP contribution >= 0.6 is 0 Å². The Morgan fingerprint density at radius 3 is 2.56 bits per heavy atom. The van der Waals surface area contributed by atoms with Gasteiger partial charge in [0.1, 0.15) is 11.9 Å². The molecule has 7 nitrogen and oxygen atoms in total. The van der Waals surface area contributed by atoms with Gasteiger partial charge < -0.3 is 20.5 Å². The third-order valence-electron chi connectivity index (χ3n) is 3.52. The number of nitrogens with one attached hydrogen (secondary N) is 2. The third kappa shape index (κ3) is 5.89. The number of carboxylic acids is 1. The number of ether oxygens (including phenoxy) is 1. The van der Waals surface area contributed by atoms with Crippen LogP contribution in [0, 0.1) is 0 Å². The number of methoxy groups -OCH3 is 1. The first-order chi connectivity index (χ1) is 12.1. The largest absolute Gasteiger partial charge is 0.480 e. The van der Waals surface area contributed by atoms with E-state index in [-0.39, 0.29) is 5.91 Å². The Hall–Kier alpha value is -2.93. The van der Waals surface area contributed by atoms with Crippen molar-refractivity contribution in [1.82, 2.24) is 10.3 Å². The summed E-state index contributed by atoms with van der Waals surface area (Å²) in [6, 6.07) is 11.7. The van der Waals surface area contributed by atoms with Crippen molar-refractivity contribution in [3.8, 4) is 0 Å². The summed E-state index contributed by atoms with van der Waals surface area (Å²) in [4.78, 5) is 27.5. The van der Waals surface area contributed by atoms with Crippen molar-refractivity contribution >= 4 is 17.7 Å². The average Bonchev–Trinajstić information content (AvgIpc) is 2.62. The molecular weight excluding hydrogens is 322 g/mol. The van der Waals surface area contributed by atoms with Crippen molar-refractivity contribution in [2.75, 3.05) is 25.6 Å². The molecule has 0 aliphatic heterocycles. The van der Waals surface area contributed by atoms with Crippen LogP contribution in [0.25, 0.3) is 0 Å². The number of hydrogen-bond acceptors (Lipinski definition) is 5. The van der Waals surface area contributed by atoms with Crippen LogP contribution in [0.1, 0.15) is 15.9 Å². The molecule has 0 aliphatic carbocycles. The lowest BCUT2D eigenvalue weighted by Crippen LogP contribution is -2.32. The van der Waals surface area contributed by atoms with Crippen molar-refractivity contribution in [3.63, 3.8) is 0 Å². The Balaban J connectivity index is 1.98. The maximum atomic E-state index is 11.9. The fourth-order valence-electron chi connectivity index (χ4n) is 2.21. The van der Waals surface area contributed by atoms with Gasteiger partial charge in [0, 0.05) is 26.3 Å². The molecule has 3 N–H and O–H groups in total. The maximum absolute atomic E-state index is 11.9. The van der Waals surface area contributed by atoms with Crippen LogP contribution in [0.4, 0.5) is 5.82 Å². The number of carboxylic acid groups (broad SMARTS) is 1. The molecule has 25 heavy (non-hydrogen) atoms. The predicted octanol–water partition coefficient (Wildman–Crippen LogP) is 1.57. The topological polar surface area (TPSA) is 101 Å². The van der Waals surface area contributed by atoms with E-state index in [4.69, 9.17) is 4.74 Å². The summed E-state index contributed by atoms with van der Waals surface area (Å²) < 4.78 is 4.87. The molecule has 1 atom stereocenters. The number of pyridine rings is 1. The van der Waals surface area contributed by atoms with Gasteiger partial charge in [0.25, 0.3) is 5.91 Å². The van der Waals surface area contributed by atoms with Gasteiger partial charge in [-0.2, -0.15) is 0 Å². The number of rotatable bonds is 9. The zero-order chi connectivity index (χ0) is 18.1. The fourth-order valence-corrected chi connectivity index (χ4v) is 2.21. The van der Waals surface area contributed by atoms with E-state index in [1.54, 1.807) is 19.2 Å². The normalized spacial score (nSPS) is 11.6. The summed E-state index contributed by atoms with van der Waals surface area (Å²) in [5.41, 5.74) is 1.31. The van der Waals surface area contributed by atoms with Crippen molar-refractivity contribution in [2.45, 2.75) is 12.5 Å². The van der Waals surface area contributed by atoms with Gasteiger partial charge in [-0.15, -0.1) is 0 Å². The molecule has 2 rings (SSSR count). The Morgan fingerprint density at radius 2 is 1.96 bits per heavy atom. The molecule has 2 aromatic rings. The number of carbonyl (C=O) groups is 2. The first-order valence-corrected chi connectivity index (χ1v) is 7.86. The minimum absolute atomic E-state index is 0.254. The lowest BCUT2D eigenvalue weighted by Gasteiger charge is -2.15. The molecule has 1 amide bonds. The van der Waals surface area contributed by atoms with E-state index in [9.17, 15) is 14.7 Å². The number of benzene rings is 1. The third-order valence-corrected chi connectivity index (χ3v) is 3.52. The van der Waals surface area contributed by atoms with Crippen LogP contribution in [0.3, 0.4) is 0 Å². The summed E-state index contributed by atoms with van der Waals surface area (Å²) in [5.74, 6) is -0.820. The van der Waals surface area contributed by atoms with E-state index in [1.807, 2.05) is 30.3 Å². The summed E-state index contributed by atoms with van der Waals surface area (Å²) in [7, 11) is 1.56. The smallest absolute Gasteiger partial charge is 0.326 e. The highest BCUT2D eigenvalue weighted by atomic mass is 16.5. The second-order valence-electron chi connectivity index (χ2n) is 5.41. The Kier molecular flexibility index (Phi) is 6.91. The van der Waals surface area contributed by atoms with Gasteiger partial charge in [0.15, 0.2) is 0 Å². The van der Waals surface area contributed by atoms with Crippen molar-refractivity contribution in [2.24, 2.45) is 0 Å². The molecule has 1 heterocycles. The summed E-state index contributed by atoms with van der Waals surface area (Å²) in [5, 5.41) is 15.0. The van der Waals surface area contributed by atoms with Crippen molar-refractivity contribution in [1.29, 1.82) is 0 Å². The quantitative estimate of drug-likeness (QED) is 0.598. The molecular formula is C18H21N3O4. The monoisotopic (exact) mass is 343 g/mol. The number of hydrogen-bond donors (Lipinski definition) is 3. The van der Waals surface area contributed by atoms with E-state index >= 15 is 0 Å². The highest BCUT2D eigenvalue weighted by molar-refractivity contribution is 5.94. The second kappa shape index (κ2) is 9.39. The van der Waals surface area contributed by atoms with Crippen LogP contribution in [0.2, 0.25) is 0 Å². The van der Waals surface area contributed by atoms with Crippen LogP contribution < -0.4 is 10.6 Å². The molecule has 0 saturated carbocycles. The van der Waals surface area contributed by atoms with E-state index in [1.165, 1.54) is 6.20 Å². The molecule has 0 bridgehead atoms. The van der Waals surface area contributed by atoms with Gasteiger partial charge in [0.05, 0.1) is 12.2 Å². The van der Waals surface area contributed by atoms with Crippen molar-refractivity contribution < 1.29 is 19.4 Å². The molecule has 0 aliphatic rings. The number of carbonyl (C=O) groups excluding carboxylic acids is 1. The van der Waals surface area contributed by atoms with Crippen LogP contribution in [0.15, 0.2) is 48.7 Å². The van der Waals surface area contributed by atoms with Gasteiger partial charge in [0.2, 0.25) is 0 Å². The lowest BCUT2D eigenvalue weighted by atomic mass is 10.1. The summed E-state index contributed by atoms with van der Waals surface area (Å²) >= 11 is 0. The van der Waals surface area contributed by atoms with Gasteiger partial charge in [-0.3, -0.25) is 4.79 Å². The maximum Gasteiger partial charge on any atom is 0.326 e.